The molecule has 3 heteroatoms. The average Bonchev–Trinajstić information content (AvgIpc) is 3.93. The second kappa shape index (κ2) is 12.5. The minimum atomic E-state index is -0.216. The Morgan fingerprint density at radius 1 is 0.431 bits per heavy atom. The molecule has 9 aromatic carbocycles. The van der Waals surface area contributed by atoms with Crippen molar-refractivity contribution in [1.82, 2.24) is 0 Å². The molecule has 0 radical (unpaired) electrons. The fraction of sp³-hybridized carbons (Fsp3) is 0.0545. The maximum atomic E-state index is 6.95. The van der Waals surface area contributed by atoms with Crippen LogP contribution in [0, 0.1) is 0 Å². The van der Waals surface area contributed by atoms with Crippen molar-refractivity contribution in [2.45, 2.75) is 19.3 Å². The summed E-state index contributed by atoms with van der Waals surface area (Å²) in [7, 11) is 0. The lowest BCUT2D eigenvalue weighted by atomic mass is 9.81. The van der Waals surface area contributed by atoms with Gasteiger partial charge in [0.25, 0.3) is 0 Å². The molecule has 0 spiro atoms. The third kappa shape index (κ3) is 4.77. The largest absolute Gasteiger partial charge is 0.455 e. The van der Waals surface area contributed by atoms with E-state index in [4.69, 9.17) is 4.42 Å². The third-order valence-electron chi connectivity index (χ3n) is 12.5. The minimum absolute atomic E-state index is 0.216. The van der Waals surface area contributed by atoms with Crippen molar-refractivity contribution in [1.29, 1.82) is 0 Å². The molecule has 0 unspecified atom stereocenters. The summed E-state index contributed by atoms with van der Waals surface area (Å²) in [5.74, 6) is 0. The van der Waals surface area contributed by atoms with Crippen molar-refractivity contribution in [3.63, 3.8) is 0 Å². The van der Waals surface area contributed by atoms with Gasteiger partial charge in [-0.25, -0.2) is 0 Å². The summed E-state index contributed by atoms with van der Waals surface area (Å²) in [5.41, 5.74) is 14.9. The van der Waals surface area contributed by atoms with Gasteiger partial charge in [0.05, 0.1) is 11.4 Å². The van der Waals surface area contributed by atoms with E-state index in [1.165, 1.54) is 64.6 Å². The van der Waals surface area contributed by atoms with Gasteiger partial charge in [0.15, 0.2) is 0 Å². The Kier molecular flexibility index (Phi) is 7.18. The highest BCUT2D eigenvalue weighted by atomic mass is 32.1. The first-order valence-electron chi connectivity index (χ1n) is 20.0. The minimum Gasteiger partial charge on any atom is -0.455 e. The molecule has 0 saturated carbocycles. The van der Waals surface area contributed by atoms with Gasteiger partial charge in [0, 0.05) is 58.6 Å². The molecule has 2 aromatic heterocycles. The zero-order valence-corrected chi connectivity index (χ0v) is 33.0. The van der Waals surface area contributed by atoms with E-state index in [0.717, 1.165) is 49.8 Å². The fourth-order valence-corrected chi connectivity index (χ4v) is 11.1. The quantitative estimate of drug-likeness (QED) is 0.174. The SMILES string of the molecule is CC1(C)c2ccccc2-c2cccc(N(c3ccc(-c4cccc5c4sc4ccccc45)cc3)c3ccccc3-c3cccc4c3oc3c5ccccc5ccc43)c21. The number of hydrogen-bond donors (Lipinski definition) is 0. The number of thiophene rings is 1. The van der Waals surface area contributed by atoms with Gasteiger partial charge in [-0.15, -0.1) is 11.3 Å². The maximum Gasteiger partial charge on any atom is 0.143 e. The maximum absolute atomic E-state index is 6.95. The van der Waals surface area contributed by atoms with Crippen LogP contribution in [-0.4, -0.2) is 0 Å². The fourth-order valence-electron chi connectivity index (χ4n) is 9.81. The molecule has 2 nitrogen and oxygen atoms in total. The highest BCUT2D eigenvalue weighted by molar-refractivity contribution is 7.26. The molecule has 0 amide bonds. The zero-order valence-electron chi connectivity index (χ0n) is 32.2. The number of hydrogen-bond acceptors (Lipinski definition) is 3. The Morgan fingerprint density at radius 2 is 1.05 bits per heavy atom. The number of rotatable bonds is 5. The van der Waals surface area contributed by atoms with Gasteiger partial charge >= 0.3 is 0 Å². The smallest absolute Gasteiger partial charge is 0.143 e. The van der Waals surface area contributed by atoms with Gasteiger partial charge in [-0.2, -0.15) is 0 Å². The molecule has 2 heterocycles. The number of furan rings is 1. The number of nitrogens with zero attached hydrogens (tertiary/aromatic N) is 1. The molecule has 0 N–H and O–H groups in total. The van der Waals surface area contributed by atoms with E-state index in [1.54, 1.807) is 0 Å². The van der Waals surface area contributed by atoms with Crippen molar-refractivity contribution in [3.8, 4) is 33.4 Å². The first-order chi connectivity index (χ1) is 28.5. The Labute approximate surface area is 340 Å². The summed E-state index contributed by atoms with van der Waals surface area (Å²) in [5, 5.41) is 7.19. The van der Waals surface area contributed by atoms with Crippen LogP contribution < -0.4 is 4.90 Å². The Hall–Kier alpha value is -6.94. The van der Waals surface area contributed by atoms with Crippen molar-refractivity contribution in [2.24, 2.45) is 0 Å². The van der Waals surface area contributed by atoms with Gasteiger partial charge < -0.3 is 9.32 Å². The van der Waals surface area contributed by atoms with Crippen LogP contribution in [0.4, 0.5) is 17.1 Å². The first kappa shape index (κ1) is 33.2. The molecule has 274 valence electrons. The summed E-state index contributed by atoms with van der Waals surface area (Å²) in [6.45, 7) is 4.75. The second-order valence-corrected chi connectivity index (χ2v) is 17.1. The van der Waals surface area contributed by atoms with E-state index in [0.29, 0.717) is 0 Å². The van der Waals surface area contributed by atoms with E-state index in [1.807, 2.05) is 11.3 Å². The molecule has 0 atom stereocenters. The monoisotopic (exact) mass is 759 g/mol. The average molecular weight is 760 g/mol. The van der Waals surface area contributed by atoms with Crippen LogP contribution >= 0.6 is 11.3 Å². The molecule has 1 aliphatic rings. The van der Waals surface area contributed by atoms with Crippen LogP contribution in [0.15, 0.2) is 192 Å². The lowest BCUT2D eigenvalue weighted by molar-refractivity contribution is 0.661. The van der Waals surface area contributed by atoms with Crippen LogP contribution in [0.1, 0.15) is 25.0 Å². The molecular formula is C55H37NOS. The Balaban J connectivity index is 1.09. The van der Waals surface area contributed by atoms with E-state index in [2.05, 4.69) is 207 Å². The summed E-state index contributed by atoms with van der Waals surface area (Å²) in [6, 6.07) is 68.8. The van der Waals surface area contributed by atoms with E-state index < -0.39 is 0 Å². The normalized spacial score (nSPS) is 13.1. The van der Waals surface area contributed by atoms with E-state index in [9.17, 15) is 0 Å². The zero-order chi connectivity index (χ0) is 38.5. The van der Waals surface area contributed by atoms with Crippen LogP contribution in [0.3, 0.4) is 0 Å². The van der Waals surface area contributed by atoms with Gasteiger partial charge in [-0.1, -0.05) is 166 Å². The summed E-state index contributed by atoms with van der Waals surface area (Å²) >= 11 is 1.88. The molecule has 12 rings (SSSR count). The Bertz CT molecular complexity index is 3440. The first-order valence-corrected chi connectivity index (χ1v) is 20.8. The summed E-state index contributed by atoms with van der Waals surface area (Å²) in [6.07, 6.45) is 0. The number of fused-ring (bicyclic) bond motifs is 11. The number of benzene rings is 9. The molecule has 58 heavy (non-hydrogen) atoms. The highest BCUT2D eigenvalue weighted by Crippen LogP contribution is 2.55. The third-order valence-corrected chi connectivity index (χ3v) is 13.7. The molecule has 0 aliphatic heterocycles. The van der Waals surface area contributed by atoms with E-state index >= 15 is 0 Å². The van der Waals surface area contributed by atoms with Crippen molar-refractivity contribution in [2.75, 3.05) is 4.90 Å². The standard InChI is InChI=1S/C55H37NOS/c1-55(2)47-24-8-5-16-39(47)42-20-13-26-49(51(42)55)56(36-31-28-35(29-32-36)38-19-11-23-46-41-18-7-10-27-50(41)58-54(38)46)48-25-9-6-17-40(48)43-21-12-22-44-45-33-30-34-14-3-4-15-37(34)52(45)57-53(43)44/h3-33H,1-2H3. The van der Waals surface area contributed by atoms with Gasteiger partial charge in [-0.05, 0) is 75.2 Å². The number of para-hydroxylation sites is 2. The van der Waals surface area contributed by atoms with Crippen molar-refractivity contribution < 1.29 is 4.42 Å². The molecule has 0 fully saturated rings. The molecule has 0 bridgehead atoms. The van der Waals surface area contributed by atoms with Crippen molar-refractivity contribution >= 4 is 81.3 Å². The van der Waals surface area contributed by atoms with Crippen LogP contribution in [0.5, 0.6) is 0 Å². The lowest BCUT2D eigenvalue weighted by Crippen LogP contribution is -2.21. The molecule has 11 aromatic rings. The Morgan fingerprint density at radius 3 is 1.93 bits per heavy atom. The molecule has 0 saturated heterocycles. The van der Waals surface area contributed by atoms with Crippen molar-refractivity contribution in [3.05, 3.63) is 199 Å². The number of anilines is 3. The lowest BCUT2D eigenvalue weighted by Gasteiger charge is -2.33. The highest BCUT2D eigenvalue weighted by Gasteiger charge is 2.39. The summed E-state index contributed by atoms with van der Waals surface area (Å²) in [4.78, 5) is 2.49. The predicted molar refractivity (Wildman–Crippen MR) is 247 cm³/mol. The van der Waals surface area contributed by atoms with Crippen LogP contribution in [0.25, 0.3) is 86.3 Å². The van der Waals surface area contributed by atoms with Gasteiger partial charge in [0.1, 0.15) is 11.2 Å². The molecular weight excluding hydrogens is 723 g/mol. The second-order valence-electron chi connectivity index (χ2n) is 16.0. The van der Waals surface area contributed by atoms with Crippen LogP contribution in [0.2, 0.25) is 0 Å². The summed E-state index contributed by atoms with van der Waals surface area (Å²) < 4.78 is 9.59. The predicted octanol–water partition coefficient (Wildman–Crippen LogP) is 16.2. The molecule has 1 aliphatic carbocycles. The topological polar surface area (TPSA) is 16.4 Å². The van der Waals surface area contributed by atoms with E-state index in [-0.39, 0.29) is 5.41 Å². The van der Waals surface area contributed by atoms with Gasteiger partial charge in [-0.3, -0.25) is 0 Å². The van der Waals surface area contributed by atoms with Crippen LogP contribution in [-0.2, 0) is 5.41 Å². The van der Waals surface area contributed by atoms with Gasteiger partial charge in [0.2, 0.25) is 0 Å².